The van der Waals surface area contributed by atoms with Gasteiger partial charge in [0.2, 0.25) is 5.91 Å². The highest BCUT2D eigenvalue weighted by Crippen LogP contribution is 2.79. The Bertz CT molecular complexity index is 1950. The number of rotatable bonds is 8. The molecule has 11 atom stereocenters. The molecule has 9 heteroatoms. The van der Waals surface area contributed by atoms with Crippen molar-refractivity contribution >= 4 is 17.8 Å². The third-order valence-electron chi connectivity index (χ3n) is 19.6. The molecule has 1 aliphatic heterocycles. The van der Waals surface area contributed by atoms with Crippen molar-refractivity contribution < 1.29 is 24.2 Å². The average Bonchev–Trinajstić information content (AvgIpc) is 3.56. The number of amides is 1. The smallest absolute Gasteiger partial charge is 0.309 e. The quantitative estimate of drug-likeness (QED) is 0.255. The fraction of sp³-hybridized carbons (Fsp3) is 0.776. The van der Waals surface area contributed by atoms with E-state index < -0.39 is 17.4 Å². The molecule has 9 rings (SSSR count). The van der Waals surface area contributed by atoms with E-state index in [4.69, 9.17) is 9.72 Å². The molecule has 0 radical (unpaired) electrons. The molecule has 3 heterocycles. The number of nitrogens with one attached hydrogen (secondary N) is 1. The second kappa shape index (κ2) is 13.4. The molecule has 0 bridgehead atoms. The summed E-state index contributed by atoms with van der Waals surface area (Å²) in [7, 11) is 0. The maximum absolute atomic E-state index is 15.6. The van der Waals surface area contributed by atoms with Crippen molar-refractivity contribution in [2.45, 2.75) is 164 Å². The summed E-state index contributed by atoms with van der Waals surface area (Å²) in [5.41, 5.74) is 1.10. The number of aliphatic carboxylic acids is 1. The lowest BCUT2D eigenvalue weighted by Crippen LogP contribution is -2.67. The average molecular weight is 795 g/mol. The zero-order valence-electron chi connectivity index (χ0n) is 36.7. The summed E-state index contributed by atoms with van der Waals surface area (Å²) in [4.78, 5) is 55.8. The first-order chi connectivity index (χ1) is 27.3. The predicted octanol–water partition coefficient (Wildman–Crippen LogP) is 10.4. The maximum atomic E-state index is 15.6. The normalized spacial score (nSPS) is 41.1. The van der Waals surface area contributed by atoms with Crippen LogP contribution in [0.4, 0.5) is 0 Å². The summed E-state index contributed by atoms with van der Waals surface area (Å²) < 4.78 is 6.24. The summed E-state index contributed by atoms with van der Waals surface area (Å²) >= 11 is 0. The molecule has 0 spiro atoms. The van der Waals surface area contributed by atoms with Crippen LogP contribution in [0.5, 0.6) is 0 Å². The molecule has 1 saturated heterocycles. The van der Waals surface area contributed by atoms with Gasteiger partial charge in [-0.25, -0.2) is 4.98 Å². The minimum Gasteiger partial charge on any atom is -0.481 e. The largest absolute Gasteiger partial charge is 0.481 e. The number of hydrogen-bond donors (Lipinski definition) is 2. The van der Waals surface area contributed by atoms with Gasteiger partial charge in [0.15, 0.2) is 0 Å². The molecule has 316 valence electrons. The Morgan fingerprint density at radius 3 is 2.34 bits per heavy atom. The highest BCUT2D eigenvalue weighted by Gasteiger charge is 2.74. The van der Waals surface area contributed by atoms with Crippen molar-refractivity contribution in [3.8, 4) is 11.3 Å². The number of fused-ring (bicyclic) bond motifs is 7. The second-order valence-electron chi connectivity index (χ2n) is 22.9. The SMILES string of the molecule is CC(C)(CC(=O)OC1CCC2(C)C(CCC3(C)C2CCC2C4C(C5(C)CC5)CCC4(C(=O)N4CCCC4c4ncc(-c5cccnc5)[nH]4)CCC23C)C1(C)C)C(=O)O. The van der Waals surface area contributed by atoms with Crippen LogP contribution in [0.25, 0.3) is 11.3 Å². The highest BCUT2D eigenvalue weighted by atomic mass is 16.5. The Labute approximate surface area is 346 Å². The van der Waals surface area contributed by atoms with Gasteiger partial charge < -0.3 is 19.7 Å². The molecular weight excluding hydrogens is 725 g/mol. The molecule has 0 aromatic carbocycles. The number of aromatic amines is 1. The summed E-state index contributed by atoms with van der Waals surface area (Å²) in [5, 5.41) is 9.68. The number of carboxylic acids is 1. The number of ether oxygens (including phenoxy) is 1. The molecular formula is C49H70N4O5. The lowest BCUT2D eigenvalue weighted by atomic mass is 9.32. The van der Waals surface area contributed by atoms with Crippen LogP contribution in [0.2, 0.25) is 0 Å². The van der Waals surface area contributed by atoms with Crippen molar-refractivity contribution in [3.05, 3.63) is 36.5 Å². The van der Waals surface area contributed by atoms with Crippen molar-refractivity contribution in [3.63, 3.8) is 0 Å². The molecule has 7 aliphatic rings. The second-order valence-corrected chi connectivity index (χ2v) is 22.9. The van der Waals surface area contributed by atoms with E-state index in [0.717, 1.165) is 75.0 Å². The number of pyridine rings is 1. The van der Waals surface area contributed by atoms with Gasteiger partial charge in [0.25, 0.3) is 0 Å². The zero-order valence-corrected chi connectivity index (χ0v) is 36.7. The van der Waals surface area contributed by atoms with Gasteiger partial charge in [0, 0.05) is 29.9 Å². The number of carbonyl (C=O) groups is 3. The van der Waals surface area contributed by atoms with Gasteiger partial charge in [0.1, 0.15) is 11.9 Å². The van der Waals surface area contributed by atoms with Gasteiger partial charge in [-0.1, -0.05) is 41.5 Å². The molecule has 2 aromatic heterocycles. The number of nitrogens with zero attached hydrogens (tertiary/aromatic N) is 3. The number of aromatic nitrogens is 3. The Kier molecular flexibility index (Phi) is 9.27. The van der Waals surface area contributed by atoms with E-state index in [1.165, 1.54) is 38.5 Å². The number of H-pyrrole nitrogens is 1. The minimum atomic E-state index is -1.15. The zero-order chi connectivity index (χ0) is 41.3. The van der Waals surface area contributed by atoms with E-state index in [1.54, 1.807) is 20.0 Å². The van der Waals surface area contributed by atoms with E-state index in [2.05, 4.69) is 62.5 Å². The predicted molar refractivity (Wildman–Crippen MR) is 223 cm³/mol. The number of carboxylic acid groups (broad SMARTS) is 1. The summed E-state index contributed by atoms with van der Waals surface area (Å²) in [6.07, 6.45) is 20.7. The lowest BCUT2D eigenvalue weighted by molar-refractivity contribution is -0.251. The molecule has 6 aliphatic carbocycles. The molecule has 58 heavy (non-hydrogen) atoms. The van der Waals surface area contributed by atoms with Crippen LogP contribution in [0.3, 0.4) is 0 Å². The molecule has 6 saturated carbocycles. The summed E-state index contributed by atoms with van der Waals surface area (Å²) in [5.74, 6) is 2.51. The first kappa shape index (κ1) is 40.2. The number of hydrogen-bond acceptors (Lipinski definition) is 6. The van der Waals surface area contributed by atoms with Gasteiger partial charge >= 0.3 is 11.9 Å². The molecule has 11 unspecified atom stereocenters. The Morgan fingerprint density at radius 2 is 1.64 bits per heavy atom. The third kappa shape index (κ3) is 5.75. The minimum absolute atomic E-state index is 0.0123. The molecule has 7 fully saturated rings. The van der Waals surface area contributed by atoms with Crippen molar-refractivity contribution in [1.82, 2.24) is 19.9 Å². The Hall–Kier alpha value is -3.23. The van der Waals surface area contributed by atoms with Gasteiger partial charge in [-0.05, 0) is 167 Å². The number of carbonyl (C=O) groups excluding carboxylic acids is 2. The van der Waals surface area contributed by atoms with Crippen molar-refractivity contribution in [1.29, 1.82) is 0 Å². The first-order valence-electron chi connectivity index (χ1n) is 23.0. The fourth-order valence-corrected chi connectivity index (χ4v) is 15.9. The molecule has 1 amide bonds. The van der Waals surface area contributed by atoms with Gasteiger partial charge in [-0.15, -0.1) is 0 Å². The van der Waals surface area contributed by atoms with Crippen molar-refractivity contribution in [2.75, 3.05) is 6.54 Å². The Morgan fingerprint density at radius 1 is 0.862 bits per heavy atom. The monoisotopic (exact) mass is 795 g/mol. The van der Waals surface area contributed by atoms with Crippen LogP contribution in [-0.2, 0) is 19.1 Å². The van der Waals surface area contributed by atoms with Gasteiger partial charge in [-0.3, -0.25) is 19.4 Å². The number of likely N-dealkylation sites (tertiary alicyclic amines) is 1. The van der Waals surface area contributed by atoms with Crippen LogP contribution in [-0.4, -0.2) is 55.5 Å². The van der Waals surface area contributed by atoms with Crippen LogP contribution in [0.1, 0.15) is 164 Å². The van der Waals surface area contributed by atoms with Crippen LogP contribution < -0.4 is 0 Å². The number of imidazole rings is 1. The van der Waals surface area contributed by atoms with E-state index in [9.17, 15) is 14.7 Å². The first-order valence-corrected chi connectivity index (χ1v) is 23.0. The number of esters is 1. The van der Waals surface area contributed by atoms with E-state index in [0.29, 0.717) is 40.9 Å². The molecule has 2 aromatic rings. The van der Waals surface area contributed by atoms with Crippen LogP contribution in [0.15, 0.2) is 30.7 Å². The van der Waals surface area contributed by atoms with Crippen LogP contribution in [0, 0.1) is 67.5 Å². The standard InChI is InChI=1S/C49H70N4O5/c1-43(2,42(56)57)27-38(54)58-37-17-18-46(6)35(44(37,3)4)16-19-48(8)36(46)14-13-32-39-31(45(5)21-22-45)15-20-49(39,24-23-47(32,48)7)41(55)53-26-10-12-34(53)40-51-29-33(52-40)30-11-9-25-50-28-30/h9,11,25,28-29,31-32,34-37,39H,10,12-24,26-27H2,1-8H3,(H,51,52)(H,56,57). The van der Waals surface area contributed by atoms with Crippen LogP contribution >= 0.6 is 0 Å². The van der Waals surface area contributed by atoms with E-state index in [-0.39, 0.29) is 45.6 Å². The Balaban J connectivity index is 0.991. The molecule has 2 N–H and O–H groups in total. The van der Waals surface area contributed by atoms with Crippen molar-refractivity contribution in [2.24, 2.45) is 67.5 Å². The summed E-state index contributed by atoms with van der Waals surface area (Å²) in [6.45, 7) is 19.1. The van der Waals surface area contributed by atoms with E-state index in [1.807, 2.05) is 18.5 Å². The third-order valence-corrected chi connectivity index (χ3v) is 19.6. The summed E-state index contributed by atoms with van der Waals surface area (Å²) in [6, 6.07) is 4.00. The fourth-order valence-electron chi connectivity index (χ4n) is 15.9. The van der Waals surface area contributed by atoms with Gasteiger partial charge in [0.05, 0.1) is 35.2 Å². The molecule has 9 nitrogen and oxygen atoms in total. The lowest BCUT2D eigenvalue weighted by Gasteiger charge is -2.73. The van der Waals surface area contributed by atoms with Gasteiger partial charge in [-0.2, -0.15) is 0 Å². The topological polar surface area (TPSA) is 125 Å². The highest BCUT2D eigenvalue weighted by molar-refractivity contribution is 5.85. The van der Waals surface area contributed by atoms with E-state index >= 15 is 4.79 Å². The maximum Gasteiger partial charge on any atom is 0.309 e.